The first-order valence-electron chi connectivity index (χ1n) is 6.40. The van der Waals surface area contributed by atoms with Crippen molar-refractivity contribution in [1.82, 2.24) is 5.32 Å². The molecular formula is C14H19NO5S. The average molecular weight is 313 g/mol. The van der Waals surface area contributed by atoms with E-state index < -0.39 is 27.3 Å². The van der Waals surface area contributed by atoms with E-state index in [9.17, 15) is 18.0 Å². The zero-order valence-electron chi connectivity index (χ0n) is 12.2. The Kier molecular flexibility index (Phi) is 5.11. The molecule has 21 heavy (non-hydrogen) atoms. The van der Waals surface area contributed by atoms with E-state index in [1.165, 1.54) is 19.1 Å². The first-order valence-corrected chi connectivity index (χ1v) is 8.46. The minimum absolute atomic E-state index is 0.100. The zero-order valence-corrected chi connectivity index (χ0v) is 13.0. The first kappa shape index (κ1) is 17.2. The Labute approximate surface area is 124 Å². The smallest absolute Gasteiger partial charge is 0.329 e. The Balaban J connectivity index is 2.87. The lowest BCUT2D eigenvalue weighted by Gasteiger charge is -2.24. The van der Waals surface area contributed by atoms with Gasteiger partial charge in [-0.15, -0.1) is 0 Å². The van der Waals surface area contributed by atoms with Gasteiger partial charge in [0.05, 0.1) is 5.75 Å². The van der Waals surface area contributed by atoms with Crippen molar-refractivity contribution in [1.29, 1.82) is 0 Å². The predicted molar refractivity (Wildman–Crippen MR) is 78.8 cm³/mol. The summed E-state index contributed by atoms with van der Waals surface area (Å²) in [4.78, 5) is 23.2. The molecule has 116 valence electrons. The van der Waals surface area contributed by atoms with Crippen LogP contribution in [0.25, 0.3) is 0 Å². The molecule has 0 aliphatic rings. The lowest BCUT2D eigenvalue weighted by Crippen LogP contribution is -2.51. The van der Waals surface area contributed by atoms with Crippen LogP contribution in [0, 0.1) is 0 Å². The van der Waals surface area contributed by atoms with Crippen molar-refractivity contribution in [3.63, 3.8) is 0 Å². The summed E-state index contributed by atoms with van der Waals surface area (Å²) in [6.45, 7) is 3.11. The van der Waals surface area contributed by atoms with Gasteiger partial charge >= 0.3 is 5.97 Å². The Hall–Kier alpha value is -1.89. The largest absolute Gasteiger partial charge is 0.480 e. The zero-order chi connectivity index (χ0) is 16.3. The fourth-order valence-corrected chi connectivity index (χ4v) is 2.47. The van der Waals surface area contributed by atoms with Gasteiger partial charge in [0, 0.05) is 11.8 Å². The third-order valence-corrected chi connectivity index (χ3v) is 4.07. The van der Waals surface area contributed by atoms with Gasteiger partial charge in [0.25, 0.3) is 5.91 Å². The molecule has 1 aromatic rings. The lowest BCUT2D eigenvalue weighted by molar-refractivity contribution is -0.143. The molecule has 0 heterocycles. The molecular weight excluding hydrogens is 294 g/mol. The van der Waals surface area contributed by atoms with Crippen molar-refractivity contribution in [3.05, 3.63) is 35.4 Å². The molecule has 1 rings (SSSR count). The summed E-state index contributed by atoms with van der Waals surface area (Å²) in [5, 5.41) is 11.6. The van der Waals surface area contributed by atoms with Crippen LogP contribution in [-0.4, -0.2) is 37.2 Å². The number of carboxylic acid groups (broad SMARTS) is 1. The molecule has 0 saturated heterocycles. The van der Waals surface area contributed by atoms with Crippen molar-refractivity contribution in [2.24, 2.45) is 0 Å². The second-order valence-electron chi connectivity index (χ2n) is 5.21. The highest BCUT2D eigenvalue weighted by Gasteiger charge is 2.32. The van der Waals surface area contributed by atoms with Gasteiger partial charge in [0.2, 0.25) is 0 Å². The number of hydrogen-bond donors (Lipinski definition) is 2. The predicted octanol–water partition coefficient (Wildman–Crippen LogP) is 1.21. The Morgan fingerprint density at radius 1 is 1.24 bits per heavy atom. The summed E-state index contributed by atoms with van der Waals surface area (Å²) in [7, 11) is -3.13. The molecule has 0 radical (unpaired) electrons. The molecule has 0 aromatic heterocycles. The maximum absolute atomic E-state index is 12.0. The number of hydrogen-bond acceptors (Lipinski definition) is 4. The van der Waals surface area contributed by atoms with E-state index >= 15 is 0 Å². The summed E-state index contributed by atoms with van der Waals surface area (Å²) in [5.41, 5.74) is -0.471. The number of sulfone groups is 1. The van der Waals surface area contributed by atoms with Gasteiger partial charge in [-0.25, -0.2) is 13.2 Å². The molecule has 2 N–H and O–H groups in total. The van der Waals surface area contributed by atoms with Crippen molar-refractivity contribution in [2.45, 2.75) is 31.6 Å². The SMILES string of the molecule is CC[C@@](C)(NC(=O)c1ccc(CS(C)(=O)=O)cc1)C(=O)O. The minimum Gasteiger partial charge on any atom is -0.480 e. The van der Waals surface area contributed by atoms with Crippen molar-refractivity contribution in [3.8, 4) is 0 Å². The van der Waals surface area contributed by atoms with Gasteiger partial charge in [0.1, 0.15) is 5.54 Å². The summed E-state index contributed by atoms with van der Waals surface area (Å²) in [5.74, 6) is -1.71. The first-order chi connectivity index (χ1) is 9.57. The van der Waals surface area contributed by atoms with Gasteiger partial charge in [-0.2, -0.15) is 0 Å². The van der Waals surface area contributed by atoms with Crippen LogP contribution in [0.2, 0.25) is 0 Å². The highest BCUT2D eigenvalue weighted by Crippen LogP contribution is 2.13. The maximum Gasteiger partial charge on any atom is 0.329 e. The number of aliphatic carboxylic acids is 1. The van der Waals surface area contributed by atoms with Gasteiger partial charge in [-0.3, -0.25) is 4.79 Å². The summed E-state index contributed by atoms with van der Waals surface area (Å²) >= 11 is 0. The number of nitrogens with one attached hydrogen (secondary N) is 1. The number of rotatable bonds is 6. The second-order valence-corrected chi connectivity index (χ2v) is 7.35. The molecule has 7 heteroatoms. The van der Waals surface area contributed by atoms with E-state index in [1.807, 2.05) is 0 Å². The Morgan fingerprint density at radius 2 is 1.76 bits per heavy atom. The number of benzene rings is 1. The molecule has 0 spiro atoms. The highest BCUT2D eigenvalue weighted by molar-refractivity contribution is 7.89. The van der Waals surface area contributed by atoms with E-state index in [1.54, 1.807) is 19.1 Å². The molecule has 6 nitrogen and oxygen atoms in total. The molecule has 1 aromatic carbocycles. The van der Waals surface area contributed by atoms with Gasteiger partial charge in [0.15, 0.2) is 9.84 Å². The molecule has 0 aliphatic carbocycles. The number of carboxylic acids is 1. The van der Waals surface area contributed by atoms with Gasteiger partial charge in [-0.05, 0) is 31.0 Å². The van der Waals surface area contributed by atoms with Crippen LogP contribution < -0.4 is 5.32 Å². The van der Waals surface area contributed by atoms with Crippen molar-refractivity contribution < 1.29 is 23.1 Å². The minimum atomic E-state index is -3.13. The van der Waals surface area contributed by atoms with Crippen LogP contribution in [0.3, 0.4) is 0 Å². The van der Waals surface area contributed by atoms with Gasteiger partial charge < -0.3 is 10.4 Å². The number of carbonyl (C=O) groups excluding carboxylic acids is 1. The van der Waals surface area contributed by atoms with E-state index in [-0.39, 0.29) is 17.7 Å². The molecule has 0 fully saturated rings. The fourth-order valence-electron chi connectivity index (χ4n) is 1.67. The molecule has 0 unspecified atom stereocenters. The van der Waals surface area contributed by atoms with Crippen molar-refractivity contribution >= 4 is 21.7 Å². The average Bonchev–Trinajstić information content (AvgIpc) is 2.37. The van der Waals surface area contributed by atoms with Crippen LogP contribution in [0.4, 0.5) is 0 Å². The van der Waals surface area contributed by atoms with Crippen LogP contribution >= 0.6 is 0 Å². The summed E-state index contributed by atoms with van der Waals surface area (Å²) < 4.78 is 22.4. The molecule has 0 saturated carbocycles. The van der Waals surface area contributed by atoms with Crippen LogP contribution in [0.15, 0.2) is 24.3 Å². The molecule has 0 bridgehead atoms. The molecule has 0 aliphatic heterocycles. The van der Waals surface area contributed by atoms with E-state index in [2.05, 4.69) is 5.32 Å². The summed E-state index contributed by atoms with van der Waals surface area (Å²) in [6.07, 6.45) is 1.38. The van der Waals surface area contributed by atoms with E-state index in [0.717, 1.165) is 6.26 Å². The molecule has 1 amide bonds. The fraction of sp³-hybridized carbons (Fsp3) is 0.429. The monoisotopic (exact) mass is 313 g/mol. The quantitative estimate of drug-likeness (QED) is 0.822. The second kappa shape index (κ2) is 6.26. The van der Waals surface area contributed by atoms with Crippen LogP contribution in [-0.2, 0) is 20.4 Å². The highest BCUT2D eigenvalue weighted by atomic mass is 32.2. The topological polar surface area (TPSA) is 101 Å². The summed E-state index contributed by atoms with van der Waals surface area (Å²) in [6, 6.07) is 6.04. The van der Waals surface area contributed by atoms with E-state index in [4.69, 9.17) is 5.11 Å². The number of amides is 1. The van der Waals surface area contributed by atoms with Crippen molar-refractivity contribution in [2.75, 3.05) is 6.26 Å². The molecule has 1 atom stereocenters. The van der Waals surface area contributed by atoms with Gasteiger partial charge in [-0.1, -0.05) is 19.1 Å². The lowest BCUT2D eigenvalue weighted by atomic mass is 9.98. The third kappa shape index (κ3) is 4.86. The maximum atomic E-state index is 12.0. The standard InChI is InChI=1S/C14H19NO5S/c1-4-14(2,13(17)18)15-12(16)11-7-5-10(6-8-11)9-21(3,19)20/h5-8H,4,9H2,1-3H3,(H,15,16)(H,17,18)/t14-/m1/s1. The van der Waals surface area contributed by atoms with E-state index in [0.29, 0.717) is 5.56 Å². The van der Waals surface area contributed by atoms with Crippen LogP contribution in [0.5, 0.6) is 0 Å². The van der Waals surface area contributed by atoms with Crippen LogP contribution in [0.1, 0.15) is 36.2 Å². The Morgan fingerprint density at radius 3 is 2.14 bits per heavy atom. The number of carbonyl (C=O) groups is 2. The third-order valence-electron chi connectivity index (χ3n) is 3.21. The normalized spacial score (nSPS) is 14.2. The Bertz CT molecular complexity index is 636.